The van der Waals surface area contributed by atoms with E-state index in [2.05, 4.69) is 19.9 Å². The van der Waals surface area contributed by atoms with Crippen LogP contribution in [-0.2, 0) is 6.61 Å². The van der Waals surface area contributed by atoms with Crippen LogP contribution in [0.4, 0.5) is 4.39 Å². The van der Waals surface area contributed by atoms with E-state index in [4.69, 9.17) is 10.5 Å². The fraction of sp³-hybridized carbons (Fsp3) is 0.294. The molecule has 0 spiro atoms. The lowest BCUT2D eigenvalue weighted by molar-refractivity contribution is 0.290. The first-order valence-corrected chi connectivity index (χ1v) is 6.71. The summed E-state index contributed by atoms with van der Waals surface area (Å²) in [5, 5.41) is 0. The van der Waals surface area contributed by atoms with Crippen LogP contribution < -0.4 is 10.5 Å². The molecule has 2 N–H and O–H groups in total. The molecule has 0 aliphatic carbocycles. The highest BCUT2D eigenvalue weighted by molar-refractivity contribution is 5.32. The van der Waals surface area contributed by atoms with Crippen molar-refractivity contribution in [1.82, 2.24) is 0 Å². The van der Waals surface area contributed by atoms with E-state index in [0.29, 0.717) is 6.61 Å². The third-order valence-electron chi connectivity index (χ3n) is 3.45. The third kappa shape index (κ3) is 3.36. The molecular formula is C17H20FNO. The van der Waals surface area contributed by atoms with Gasteiger partial charge in [-0.05, 0) is 55.2 Å². The van der Waals surface area contributed by atoms with Crippen LogP contribution in [0.15, 0.2) is 36.4 Å². The first-order valence-electron chi connectivity index (χ1n) is 6.71. The van der Waals surface area contributed by atoms with Crippen LogP contribution in [-0.4, -0.2) is 0 Å². The quantitative estimate of drug-likeness (QED) is 0.912. The average Bonchev–Trinajstić information content (AvgIpc) is 2.41. The highest BCUT2D eigenvalue weighted by atomic mass is 19.1. The fourth-order valence-corrected chi connectivity index (χ4v) is 1.97. The Morgan fingerprint density at radius 1 is 1.10 bits per heavy atom. The highest BCUT2D eigenvalue weighted by Crippen LogP contribution is 2.22. The SMILES string of the molecule is Cc1ccc(COc2ccc([C@@H](C)N)cc2F)cc1C. The van der Waals surface area contributed by atoms with E-state index >= 15 is 0 Å². The number of hydrogen-bond donors (Lipinski definition) is 1. The van der Waals surface area contributed by atoms with Gasteiger partial charge in [0.05, 0.1) is 0 Å². The number of halogens is 1. The normalized spacial score (nSPS) is 12.2. The molecule has 0 saturated heterocycles. The molecule has 106 valence electrons. The van der Waals surface area contributed by atoms with Crippen molar-refractivity contribution in [1.29, 1.82) is 0 Å². The van der Waals surface area contributed by atoms with Crippen molar-refractivity contribution >= 4 is 0 Å². The van der Waals surface area contributed by atoms with Gasteiger partial charge in [0.25, 0.3) is 0 Å². The van der Waals surface area contributed by atoms with Crippen molar-refractivity contribution in [3.63, 3.8) is 0 Å². The molecular weight excluding hydrogens is 253 g/mol. The van der Waals surface area contributed by atoms with Crippen LogP contribution in [0, 0.1) is 19.7 Å². The molecule has 0 fully saturated rings. The summed E-state index contributed by atoms with van der Waals surface area (Å²) in [7, 11) is 0. The lowest BCUT2D eigenvalue weighted by atomic mass is 10.1. The van der Waals surface area contributed by atoms with Crippen molar-refractivity contribution in [3.05, 3.63) is 64.5 Å². The van der Waals surface area contributed by atoms with Gasteiger partial charge < -0.3 is 10.5 Å². The second kappa shape index (κ2) is 6.06. The lowest BCUT2D eigenvalue weighted by Gasteiger charge is -2.11. The largest absolute Gasteiger partial charge is 0.486 e. The van der Waals surface area contributed by atoms with Gasteiger partial charge in [-0.2, -0.15) is 0 Å². The van der Waals surface area contributed by atoms with Crippen LogP contribution in [0.2, 0.25) is 0 Å². The van der Waals surface area contributed by atoms with E-state index in [1.54, 1.807) is 12.1 Å². The van der Waals surface area contributed by atoms with Gasteiger partial charge in [0.15, 0.2) is 11.6 Å². The summed E-state index contributed by atoms with van der Waals surface area (Å²) in [6.07, 6.45) is 0. The smallest absolute Gasteiger partial charge is 0.165 e. The molecule has 2 aromatic carbocycles. The minimum Gasteiger partial charge on any atom is -0.486 e. The molecule has 1 atom stereocenters. The van der Waals surface area contributed by atoms with Crippen molar-refractivity contribution in [2.75, 3.05) is 0 Å². The van der Waals surface area contributed by atoms with E-state index in [0.717, 1.165) is 11.1 Å². The van der Waals surface area contributed by atoms with Gasteiger partial charge in [0, 0.05) is 6.04 Å². The van der Waals surface area contributed by atoms with E-state index in [1.165, 1.54) is 17.2 Å². The maximum absolute atomic E-state index is 13.9. The zero-order valence-electron chi connectivity index (χ0n) is 12.1. The summed E-state index contributed by atoms with van der Waals surface area (Å²) in [6, 6.07) is 10.8. The Morgan fingerprint density at radius 3 is 2.45 bits per heavy atom. The van der Waals surface area contributed by atoms with Gasteiger partial charge in [0.1, 0.15) is 6.61 Å². The zero-order valence-corrected chi connectivity index (χ0v) is 12.1. The van der Waals surface area contributed by atoms with Crippen LogP contribution in [0.25, 0.3) is 0 Å². The van der Waals surface area contributed by atoms with E-state index in [9.17, 15) is 4.39 Å². The minimum absolute atomic E-state index is 0.182. The van der Waals surface area contributed by atoms with Crippen LogP contribution in [0.1, 0.15) is 35.2 Å². The number of hydrogen-bond acceptors (Lipinski definition) is 2. The standard InChI is InChI=1S/C17H20FNO/c1-11-4-5-14(8-12(11)2)10-20-17-7-6-15(13(3)19)9-16(17)18/h4-9,13H,10,19H2,1-3H3/t13-/m1/s1. The fourth-order valence-electron chi connectivity index (χ4n) is 1.97. The Balaban J connectivity index is 2.09. The summed E-state index contributed by atoms with van der Waals surface area (Å²) in [6.45, 7) is 6.29. The van der Waals surface area contributed by atoms with Crippen molar-refractivity contribution in [2.24, 2.45) is 5.73 Å². The second-order valence-electron chi connectivity index (χ2n) is 5.19. The van der Waals surface area contributed by atoms with Crippen molar-refractivity contribution < 1.29 is 9.13 Å². The summed E-state index contributed by atoms with van der Waals surface area (Å²) in [4.78, 5) is 0. The molecule has 0 aliphatic rings. The van der Waals surface area contributed by atoms with Crippen LogP contribution >= 0.6 is 0 Å². The maximum Gasteiger partial charge on any atom is 0.165 e. The summed E-state index contributed by atoms with van der Waals surface area (Å²) in [5.41, 5.74) is 9.96. The van der Waals surface area contributed by atoms with Gasteiger partial charge in [-0.25, -0.2) is 4.39 Å². The van der Waals surface area contributed by atoms with E-state index in [1.807, 2.05) is 19.1 Å². The van der Waals surface area contributed by atoms with Gasteiger partial charge in [-0.1, -0.05) is 24.3 Å². The minimum atomic E-state index is -0.372. The molecule has 0 heterocycles. The first-order chi connectivity index (χ1) is 9.47. The van der Waals surface area contributed by atoms with Gasteiger partial charge in [-0.15, -0.1) is 0 Å². The molecule has 0 aromatic heterocycles. The van der Waals surface area contributed by atoms with Gasteiger partial charge in [0.2, 0.25) is 0 Å². The topological polar surface area (TPSA) is 35.2 Å². The average molecular weight is 273 g/mol. The molecule has 0 unspecified atom stereocenters. The van der Waals surface area contributed by atoms with Crippen molar-refractivity contribution in [3.8, 4) is 5.75 Å². The Bertz CT molecular complexity index is 608. The third-order valence-corrected chi connectivity index (χ3v) is 3.45. The van der Waals surface area contributed by atoms with Crippen LogP contribution in [0.3, 0.4) is 0 Å². The molecule has 2 rings (SSSR count). The number of aryl methyl sites for hydroxylation is 2. The van der Waals surface area contributed by atoms with E-state index in [-0.39, 0.29) is 17.6 Å². The predicted octanol–water partition coefficient (Wildman–Crippen LogP) is 4.04. The lowest BCUT2D eigenvalue weighted by Crippen LogP contribution is -2.06. The molecule has 0 amide bonds. The molecule has 2 nitrogen and oxygen atoms in total. The number of rotatable bonds is 4. The molecule has 2 aromatic rings. The summed E-state index contributed by atoms with van der Waals surface area (Å²) < 4.78 is 19.4. The van der Waals surface area contributed by atoms with Crippen LogP contribution in [0.5, 0.6) is 5.75 Å². The van der Waals surface area contributed by atoms with Gasteiger partial charge >= 0.3 is 0 Å². The summed E-state index contributed by atoms with van der Waals surface area (Å²) in [5.74, 6) is -0.115. The first kappa shape index (κ1) is 14.5. The Hall–Kier alpha value is -1.87. The molecule has 0 saturated carbocycles. The molecule has 0 aliphatic heterocycles. The number of nitrogens with two attached hydrogens (primary N) is 1. The van der Waals surface area contributed by atoms with E-state index < -0.39 is 0 Å². The zero-order chi connectivity index (χ0) is 14.7. The Labute approximate surface area is 119 Å². The number of benzene rings is 2. The predicted molar refractivity (Wildman–Crippen MR) is 79.3 cm³/mol. The Kier molecular flexibility index (Phi) is 4.40. The highest BCUT2D eigenvalue weighted by Gasteiger charge is 2.07. The molecule has 0 radical (unpaired) electrons. The monoisotopic (exact) mass is 273 g/mol. The second-order valence-corrected chi connectivity index (χ2v) is 5.19. The maximum atomic E-state index is 13.9. The molecule has 0 bridgehead atoms. The Morgan fingerprint density at radius 2 is 1.85 bits per heavy atom. The summed E-state index contributed by atoms with van der Waals surface area (Å²) >= 11 is 0. The van der Waals surface area contributed by atoms with Crippen molar-refractivity contribution in [2.45, 2.75) is 33.4 Å². The van der Waals surface area contributed by atoms with Gasteiger partial charge in [-0.3, -0.25) is 0 Å². The molecule has 20 heavy (non-hydrogen) atoms. The molecule has 3 heteroatoms. The number of ether oxygens (including phenoxy) is 1.